The molecule has 1 heterocycles. The highest BCUT2D eigenvalue weighted by Gasteiger charge is 2.41. The second-order valence-electron chi connectivity index (χ2n) is 4.88. The summed E-state index contributed by atoms with van der Waals surface area (Å²) in [5, 5.41) is 14.3. The van der Waals surface area contributed by atoms with Crippen molar-refractivity contribution in [1.82, 2.24) is 9.78 Å². The van der Waals surface area contributed by atoms with Crippen molar-refractivity contribution < 1.29 is 5.11 Å². The third-order valence-corrected chi connectivity index (χ3v) is 4.09. The van der Waals surface area contributed by atoms with E-state index in [1.165, 1.54) is 11.3 Å². The Morgan fingerprint density at radius 2 is 2.06 bits per heavy atom. The molecule has 2 rings (SSSR count). The van der Waals surface area contributed by atoms with Crippen LogP contribution in [0.4, 0.5) is 0 Å². The van der Waals surface area contributed by atoms with E-state index in [1.807, 2.05) is 0 Å². The normalized spacial score (nSPS) is 29.2. The number of hydrogen-bond acceptors (Lipinski definition) is 2. The van der Waals surface area contributed by atoms with Gasteiger partial charge in [0.15, 0.2) is 0 Å². The van der Waals surface area contributed by atoms with Gasteiger partial charge in [-0.2, -0.15) is 5.10 Å². The van der Waals surface area contributed by atoms with Gasteiger partial charge in [-0.05, 0) is 44.6 Å². The summed E-state index contributed by atoms with van der Waals surface area (Å²) >= 11 is 0. The zero-order chi connectivity index (χ0) is 11.9. The molecule has 16 heavy (non-hydrogen) atoms. The summed E-state index contributed by atoms with van der Waals surface area (Å²) in [7, 11) is 0. The van der Waals surface area contributed by atoms with Crippen LogP contribution in [-0.2, 0) is 6.54 Å². The van der Waals surface area contributed by atoms with Gasteiger partial charge in [-0.1, -0.05) is 13.3 Å². The highest BCUT2D eigenvalue weighted by Crippen LogP contribution is 2.46. The summed E-state index contributed by atoms with van der Waals surface area (Å²) in [5.74, 6) is 0.965. The van der Waals surface area contributed by atoms with E-state index in [-0.39, 0.29) is 6.10 Å². The molecular formula is C13H22N2O. The fraction of sp³-hybridized carbons (Fsp3) is 0.769. The van der Waals surface area contributed by atoms with Crippen molar-refractivity contribution in [1.29, 1.82) is 0 Å². The highest BCUT2D eigenvalue weighted by atomic mass is 16.3. The van der Waals surface area contributed by atoms with Gasteiger partial charge in [-0.25, -0.2) is 0 Å². The quantitative estimate of drug-likeness (QED) is 0.852. The smallest absolute Gasteiger partial charge is 0.0631 e. The molecule has 0 saturated heterocycles. The van der Waals surface area contributed by atoms with E-state index in [1.54, 1.807) is 0 Å². The monoisotopic (exact) mass is 222 g/mol. The molecule has 3 unspecified atom stereocenters. The van der Waals surface area contributed by atoms with E-state index in [2.05, 4.69) is 37.5 Å². The lowest BCUT2D eigenvalue weighted by molar-refractivity contribution is -0.00114. The molecule has 90 valence electrons. The van der Waals surface area contributed by atoms with Crippen molar-refractivity contribution in [3.05, 3.63) is 17.0 Å². The van der Waals surface area contributed by atoms with Crippen LogP contribution in [0.5, 0.6) is 0 Å². The number of aryl methyl sites for hydroxylation is 2. The molecule has 1 N–H and O–H groups in total. The molecule has 1 aromatic rings. The second kappa shape index (κ2) is 4.21. The number of nitrogens with zero attached hydrogens (tertiary/aromatic N) is 2. The maximum absolute atomic E-state index is 9.76. The van der Waals surface area contributed by atoms with Crippen LogP contribution in [-0.4, -0.2) is 21.0 Å². The number of hydrogen-bond donors (Lipinski definition) is 1. The van der Waals surface area contributed by atoms with Crippen molar-refractivity contribution in [2.45, 2.75) is 59.1 Å². The Labute approximate surface area is 97.5 Å². The first kappa shape index (κ1) is 11.6. The minimum absolute atomic E-state index is 0.0984. The summed E-state index contributed by atoms with van der Waals surface area (Å²) in [5.41, 5.74) is 3.82. The van der Waals surface area contributed by atoms with E-state index < -0.39 is 0 Å². The Hall–Kier alpha value is -0.830. The molecule has 1 aromatic heterocycles. The first-order valence-electron chi connectivity index (χ1n) is 6.32. The predicted molar refractivity (Wildman–Crippen MR) is 64.5 cm³/mol. The van der Waals surface area contributed by atoms with Gasteiger partial charge in [0.1, 0.15) is 0 Å². The molecule has 0 radical (unpaired) electrons. The summed E-state index contributed by atoms with van der Waals surface area (Å²) in [4.78, 5) is 0. The summed E-state index contributed by atoms with van der Waals surface area (Å²) in [6, 6.07) is 0. The van der Waals surface area contributed by atoms with Gasteiger partial charge in [0, 0.05) is 12.2 Å². The lowest BCUT2D eigenvalue weighted by Gasteiger charge is -2.41. The SMILES string of the molecule is CCC1C(O)CC1c1c(C)nn(CC)c1C. The summed E-state index contributed by atoms with van der Waals surface area (Å²) in [6.45, 7) is 9.45. The molecule has 0 bridgehead atoms. The molecule has 0 spiro atoms. The van der Waals surface area contributed by atoms with E-state index in [0.717, 1.165) is 25.1 Å². The second-order valence-corrected chi connectivity index (χ2v) is 4.88. The third kappa shape index (κ3) is 1.58. The van der Waals surface area contributed by atoms with E-state index in [9.17, 15) is 5.11 Å². The van der Waals surface area contributed by atoms with Crippen LogP contribution in [0.1, 0.15) is 49.6 Å². The van der Waals surface area contributed by atoms with Crippen molar-refractivity contribution in [3.8, 4) is 0 Å². The van der Waals surface area contributed by atoms with Crippen molar-refractivity contribution in [2.24, 2.45) is 5.92 Å². The Bertz CT molecular complexity index is 384. The van der Waals surface area contributed by atoms with E-state index in [4.69, 9.17) is 0 Å². The van der Waals surface area contributed by atoms with Gasteiger partial charge in [0.2, 0.25) is 0 Å². The number of aliphatic hydroxyl groups is 1. The minimum atomic E-state index is -0.0984. The Morgan fingerprint density at radius 1 is 1.38 bits per heavy atom. The molecule has 0 amide bonds. The first-order valence-corrected chi connectivity index (χ1v) is 6.32. The highest BCUT2D eigenvalue weighted by molar-refractivity contribution is 5.32. The maximum atomic E-state index is 9.76. The number of aliphatic hydroxyl groups excluding tert-OH is 1. The molecule has 1 aliphatic rings. The van der Waals surface area contributed by atoms with Gasteiger partial charge < -0.3 is 5.11 Å². The summed E-state index contributed by atoms with van der Waals surface area (Å²) < 4.78 is 2.07. The minimum Gasteiger partial charge on any atom is -0.393 e. The molecule has 1 saturated carbocycles. The van der Waals surface area contributed by atoms with Crippen molar-refractivity contribution >= 4 is 0 Å². The Balaban J connectivity index is 2.31. The summed E-state index contributed by atoms with van der Waals surface area (Å²) in [6.07, 6.45) is 1.87. The van der Waals surface area contributed by atoms with Crippen LogP contribution in [0.2, 0.25) is 0 Å². The Morgan fingerprint density at radius 3 is 2.50 bits per heavy atom. The average Bonchev–Trinajstić information content (AvgIpc) is 2.51. The standard InChI is InChI=1S/C13H22N2O/c1-5-10-11(7-12(10)16)13-8(3)14-15(6-2)9(13)4/h10-12,16H,5-7H2,1-4H3. The van der Waals surface area contributed by atoms with Crippen LogP contribution in [0.3, 0.4) is 0 Å². The van der Waals surface area contributed by atoms with Crippen molar-refractivity contribution in [3.63, 3.8) is 0 Å². The average molecular weight is 222 g/mol. The van der Waals surface area contributed by atoms with E-state index in [0.29, 0.717) is 11.8 Å². The topological polar surface area (TPSA) is 38.1 Å². The Kier molecular flexibility index (Phi) is 3.06. The molecule has 3 atom stereocenters. The largest absolute Gasteiger partial charge is 0.393 e. The third-order valence-electron chi connectivity index (χ3n) is 4.09. The lowest BCUT2D eigenvalue weighted by Crippen LogP contribution is -2.39. The van der Waals surface area contributed by atoms with Crippen LogP contribution in [0, 0.1) is 19.8 Å². The van der Waals surface area contributed by atoms with Crippen molar-refractivity contribution in [2.75, 3.05) is 0 Å². The molecule has 0 aromatic carbocycles. The van der Waals surface area contributed by atoms with Crippen LogP contribution in [0.25, 0.3) is 0 Å². The first-order chi connectivity index (χ1) is 7.60. The van der Waals surface area contributed by atoms with Crippen LogP contribution >= 0.6 is 0 Å². The molecule has 1 fully saturated rings. The zero-order valence-electron chi connectivity index (χ0n) is 10.7. The van der Waals surface area contributed by atoms with Gasteiger partial charge in [-0.3, -0.25) is 4.68 Å². The van der Waals surface area contributed by atoms with Gasteiger partial charge >= 0.3 is 0 Å². The fourth-order valence-corrected chi connectivity index (χ4v) is 3.13. The maximum Gasteiger partial charge on any atom is 0.0631 e. The molecular weight excluding hydrogens is 200 g/mol. The zero-order valence-corrected chi connectivity index (χ0v) is 10.7. The predicted octanol–water partition coefficient (Wildman–Crippen LogP) is 2.39. The molecule has 3 nitrogen and oxygen atoms in total. The van der Waals surface area contributed by atoms with Gasteiger partial charge in [0.25, 0.3) is 0 Å². The number of rotatable bonds is 3. The fourth-order valence-electron chi connectivity index (χ4n) is 3.13. The lowest BCUT2D eigenvalue weighted by atomic mass is 9.66. The van der Waals surface area contributed by atoms with Gasteiger partial charge in [-0.15, -0.1) is 0 Å². The molecule has 0 aliphatic heterocycles. The van der Waals surface area contributed by atoms with Crippen LogP contribution < -0.4 is 0 Å². The van der Waals surface area contributed by atoms with Crippen LogP contribution in [0.15, 0.2) is 0 Å². The number of aromatic nitrogens is 2. The molecule has 1 aliphatic carbocycles. The van der Waals surface area contributed by atoms with E-state index >= 15 is 0 Å². The van der Waals surface area contributed by atoms with Gasteiger partial charge in [0.05, 0.1) is 11.8 Å². The molecule has 3 heteroatoms.